The van der Waals surface area contributed by atoms with Gasteiger partial charge in [-0.3, -0.25) is 14.9 Å². The lowest BCUT2D eigenvalue weighted by atomic mass is 10.0. The fourth-order valence-electron chi connectivity index (χ4n) is 2.42. The molecule has 0 saturated carbocycles. The van der Waals surface area contributed by atoms with E-state index in [1.165, 1.54) is 12.1 Å². The highest BCUT2D eigenvalue weighted by molar-refractivity contribution is 5.95. The number of para-hydroxylation sites is 1. The van der Waals surface area contributed by atoms with Crippen LogP contribution in [-0.4, -0.2) is 30.0 Å². The maximum atomic E-state index is 12.0. The van der Waals surface area contributed by atoms with Crippen LogP contribution in [0, 0.1) is 17.0 Å². The van der Waals surface area contributed by atoms with Crippen molar-refractivity contribution in [1.29, 1.82) is 0 Å². The van der Waals surface area contributed by atoms with Gasteiger partial charge in [-0.1, -0.05) is 38.1 Å². The monoisotopic (exact) mass is 386 g/mol. The van der Waals surface area contributed by atoms with E-state index in [1.54, 1.807) is 25.1 Å². The van der Waals surface area contributed by atoms with Gasteiger partial charge >= 0.3 is 5.97 Å². The van der Waals surface area contributed by atoms with Crippen molar-refractivity contribution < 1.29 is 24.0 Å². The minimum Gasteiger partial charge on any atom is -0.482 e. The molecule has 28 heavy (non-hydrogen) atoms. The van der Waals surface area contributed by atoms with E-state index >= 15 is 0 Å². The van der Waals surface area contributed by atoms with Gasteiger partial charge in [-0.2, -0.15) is 0 Å². The minimum atomic E-state index is -0.720. The maximum absolute atomic E-state index is 12.0. The molecule has 0 saturated heterocycles. The number of amides is 1. The first kappa shape index (κ1) is 20.9. The van der Waals surface area contributed by atoms with Gasteiger partial charge in [-0.05, 0) is 36.1 Å². The molecule has 8 heteroatoms. The number of anilines is 1. The highest BCUT2D eigenvalue weighted by atomic mass is 16.6. The summed E-state index contributed by atoms with van der Waals surface area (Å²) in [5, 5.41) is 13.5. The SMILES string of the molecule is Cc1cccc([N+](=O)[O-])c1NC(=O)COC(=O)COc1ccc(C(C)C)cc1. The number of rotatable bonds is 8. The summed E-state index contributed by atoms with van der Waals surface area (Å²) >= 11 is 0. The third-order valence-electron chi connectivity index (χ3n) is 3.98. The molecule has 0 aliphatic carbocycles. The molecule has 2 aromatic rings. The molecule has 0 atom stereocenters. The van der Waals surface area contributed by atoms with E-state index in [-0.39, 0.29) is 18.0 Å². The summed E-state index contributed by atoms with van der Waals surface area (Å²) in [6, 6.07) is 11.8. The number of nitro groups is 1. The predicted molar refractivity (Wildman–Crippen MR) is 103 cm³/mol. The number of carbonyl (C=O) groups is 2. The van der Waals surface area contributed by atoms with Gasteiger partial charge < -0.3 is 14.8 Å². The van der Waals surface area contributed by atoms with E-state index in [0.29, 0.717) is 17.2 Å². The zero-order valence-corrected chi connectivity index (χ0v) is 15.9. The molecule has 1 N–H and O–H groups in total. The molecular weight excluding hydrogens is 364 g/mol. The number of aryl methyl sites for hydroxylation is 1. The molecule has 0 aliphatic rings. The van der Waals surface area contributed by atoms with E-state index in [1.807, 2.05) is 12.1 Å². The van der Waals surface area contributed by atoms with Gasteiger partial charge in [0, 0.05) is 6.07 Å². The number of nitrogens with zero attached hydrogens (tertiary/aromatic N) is 1. The second-order valence-electron chi connectivity index (χ2n) is 6.45. The number of ether oxygens (including phenoxy) is 2. The number of nitro benzene ring substituents is 1. The zero-order valence-electron chi connectivity index (χ0n) is 15.9. The zero-order chi connectivity index (χ0) is 20.7. The van der Waals surface area contributed by atoms with E-state index in [9.17, 15) is 19.7 Å². The Morgan fingerprint density at radius 1 is 1.11 bits per heavy atom. The molecule has 2 aromatic carbocycles. The fraction of sp³-hybridized carbons (Fsp3) is 0.300. The van der Waals surface area contributed by atoms with Crippen molar-refractivity contribution in [3.8, 4) is 5.75 Å². The summed E-state index contributed by atoms with van der Waals surface area (Å²) < 4.78 is 10.2. The Morgan fingerprint density at radius 2 is 1.79 bits per heavy atom. The number of esters is 1. The largest absolute Gasteiger partial charge is 0.482 e. The van der Waals surface area contributed by atoms with Crippen LogP contribution in [0.3, 0.4) is 0 Å². The van der Waals surface area contributed by atoms with Crippen molar-refractivity contribution in [1.82, 2.24) is 0 Å². The van der Waals surface area contributed by atoms with Crippen LogP contribution in [0.2, 0.25) is 0 Å². The minimum absolute atomic E-state index is 0.0787. The first-order chi connectivity index (χ1) is 13.3. The maximum Gasteiger partial charge on any atom is 0.344 e. The standard InChI is InChI=1S/C20H22N2O6/c1-13(2)15-7-9-16(10-8-15)27-12-19(24)28-11-18(23)21-20-14(3)5-4-6-17(20)22(25)26/h4-10,13H,11-12H2,1-3H3,(H,21,23). The highest BCUT2D eigenvalue weighted by Crippen LogP contribution is 2.27. The van der Waals surface area contributed by atoms with E-state index in [0.717, 1.165) is 5.56 Å². The molecule has 0 spiro atoms. The van der Waals surface area contributed by atoms with Gasteiger partial charge in [0.05, 0.1) is 4.92 Å². The molecule has 8 nitrogen and oxygen atoms in total. The average molecular weight is 386 g/mol. The van der Waals surface area contributed by atoms with Crippen molar-refractivity contribution >= 4 is 23.3 Å². The van der Waals surface area contributed by atoms with Crippen molar-refractivity contribution in [2.45, 2.75) is 26.7 Å². The Kier molecular flexibility index (Phi) is 7.08. The van der Waals surface area contributed by atoms with Crippen LogP contribution in [0.25, 0.3) is 0 Å². The molecule has 0 bridgehead atoms. The quantitative estimate of drug-likeness (QED) is 0.422. The Labute approximate surface area is 162 Å². The van der Waals surface area contributed by atoms with Crippen LogP contribution >= 0.6 is 0 Å². The van der Waals surface area contributed by atoms with Gasteiger partial charge in [0.25, 0.3) is 11.6 Å². The van der Waals surface area contributed by atoms with Crippen LogP contribution in [-0.2, 0) is 14.3 Å². The van der Waals surface area contributed by atoms with Gasteiger partial charge in [0.15, 0.2) is 13.2 Å². The van der Waals surface area contributed by atoms with Crippen molar-refractivity contribution in [2.24, 2.45) is 0 Å². The summed E-state index contributed by atoms with van der Waals surface area (Å²) in [5.74, 6) is -0.489. The lowest BCUT2D eigenvalue weighted by Gasteiger charge is -2.10. The summed E-state index contributed by atoms with van der Waals surface area (Å²) in [6.45, 7) is 4.86. The number of benzene rings is 2. The van der Waals surface area contributed by atoms with Crippen molar-refractivity contribution in [3.05, 3.63) is 63.7 Å². The van der Waals surface area contributed by atoms with E-state index < -0.39 is 23.4 Å². The molecule has 0 fully saturated rings. The first-order valence-electron chi connectivity index (χ1n) is 8.70. The van der Waals surface area contributed by atoms with Gasteiger partial charge in [0.2, 0.25) is 0 Å². The highest BCUT2D eigenvalue weighted by Gasteiger charge is 2.18. The number of hydrogen-bond donors (Lipinski definition) is 1. The first-order valence-corrected chi connectivity index (χ1v) is 8.70. The second kappa shape index (κ2) is 9.50. The Balaban J connectivity index is 1.83. The number of carbonyl (C=O) groups excluding carboxylic acids is 2. The Hall–Kier alpha value is -3.42. The number of nitrogens with one attached hydrogen (secondary N) is 1. The van der Waals surface area contributed by atoms with Gasteiger partial charge in [0.1, 0.15) is 11.4 Å². The molecule has 0 heterocycles. The molecule has 0 unspecified atom stereocenters. The van der Waals surface area contributed by atoms with E-state index in [4.69, 9.17) is 9.47 Å². The molecular formula is C20H22N2O6. The van der Waals surface area contributed by atoms with Crippen molar-refractivity contribution in [3.63, 3.8) is 0 Å². The second-order valence-corrected chi connectivity index (χ2v) is 6.45. The Bertz CT molecular complexity index is 861. The Morgan fingerprint density at radius 3 is 2.39 bits per heavy atom. The smallest absolute Gasteiger partial charge is 0.344 e. The third kappa shape index (κ3) is 5.80. The third-order valence-corrected chi connectivity index (χ3v) is 3.98. The van der Waals surface area contributed by atoms with Crippen LogP contribution in [0.5, 0.6) is 5.75 Å². The van der Waals surface area contributed by atoms with Crippen LogP contribution < -0.4 is 10.1 Å². The molecule has 2 rings (SSSR count). The van der Waals surface area contributed by atoms with Gasteiger partial charge in [-0.15, -0.1) is 0 Å². The molecule has 0 aromatic heterocycles. The summed E-state index contributed by atoms with van der Waals surface area (Å²) in [4.78, 5) is 34.2. The lowest BCUT2D eigenvalue weighted by Crippen LogP contribution is -2.24. The summed E-state index contributed by atoms with van der Waals surface area (Å²) in [7, 11) is 0. The van der Waals surface area contributed by atoms with Crippen molar-refractivity contribution in [2.75, 3.05) is 18.5 Å². The summed E-state index contributed by atoms with van der Waals surface area (Å²) in [6.07, 6.45) is 0. The molecule has 0 aliphatic heterocycles. The lowest BCUT2D eigenvalue weighted by molar-refractivity contribution is -0.384. The predicted octanol–water partition coefficient (Wildman–Crippen LogP) is 3.59. The fourth-order valence-corrected chi connectivity index (χ4v) is 2.42. The van der Waals surface area contributed by atoms with Crippen LogP contribution in [0.1, 0.15) is 30.9 Å². The molecule has 148 valence electrons. The van der Waals surface area contributed by atoms with Crippen LogP contribution in [0.15, 0.2) is 42.5 Å². The normalized spacial score (nSPS) is 10.4. The molecule has 1 amide bonds. The van der Waals surface area contributed by atoms with E-state index in [2.05, 4.69) is 19.2 Å². The molecule has 0 radical (unpaired) electrons. The van der Waals surface area contributed by atoms with Crippen LogP contribution in [0.4, 0.5) is 11.4 Å². The summed E-state index contributed by atoms with van der Waals surface area (Å²) in [5.41, 5.74) is 1.53. The van der Waals surface area contributed by atoms with Gasteiger partial charge in [-0.25, -0.2) is 4.79 Å². The average Bonchev–Trinajstić information content (AvgIpc) is 2.66. The number of hydrogen-bond acceptors (Lipinski definition) is 6. The topological polar surface area (TPSA) is 108 Å².